The first-order chi connectivity index (χ1) is 7.74. The molecule has 2 aliphatic heterocycles. The lowest BCUT2D eigenvalue weighted by atomic mass is 9.92. The summed E-state index contributed by atoms with van der Waals surface area (Å²) in [6, 6.07) is 0. The maximum Gasteiger partial charge on any atom is 0.106 e. The molecule has 0 aliphatic carbocycles. The molecule has 0 N–H and O–H groups in total. The van der Waals surface area contributed by atoms with Crippen LogP contribution in [-0.2, 0) is 4.74 Å². The van der Waals surface area contributed by atoms with Crippen molar-refractivity contribution >= 4 is 0 Å². The molecule has 0 aromatic heterocycles. The molecule has 2 heterocycles. The van der Waals surface area contributed by atoms with Crippen LogP contribution in [0.3, 0.4) is 0 Å². The highest BCUT2D eigenvalue weighted by molar-refractivity contribution is 5.00. The molecule has 0 amide bonds. The third-order valence-corrected chi connectivity index (χ3v) is 2.91. The number of likely N-dealkylation sites (tertiary alicyclic amines) is 1. The van der Waals surface area contributed by atoms with E-state index in [4.69, 9.17) is 4.74 Å². The quantitative estimate of drug-likeness (QED) is 0.686. The summed E-state index contributed by atoms with van der Waals surface area (Å²) in [6.07, 6.45) is 0. The molecule has 3 nitrogen and oxygen atoms in total. The van der Waals surface area contributed by atoms with Crippen LogP contribution in [0.15, 0.2) is 0 Å². The molecule has 0 aromatic carbocycles. The van der Waals surface area contributed by atoms with Gasteiger partial charge in [-0.3, -0.25) is 4.90 Å². The van der Waals surface area contributed by atoms with Gasteiger partial charge >= 0.3 is 0 Å². The Balaban J connectivity index is 0.000000509. The Kier molecular flexibility index (Phi) is 7.98. The van der Waals surface area contributed by atoms with Crippen molar-refractivity contribution in [2.24, 2.45) is 0 Å². The van der Waals surface area contributed by atoms with Crippen molar-refractivity contribution in [1.29, 1.82) is 0 Å². The zero-order valence-corrected chi connectivity index (χ0v) is 12.0. The van der Waals surface area contributed by atoms with Crippen molar-refractivity contribution in [3.8, 4) is 0 Å². The number of rotatable bonds is 1. The van der Waals surface area contributed by atoms with Gasteiger partial charge in [0.05, 0.1) is 6.61 Å². The van der Waals surface area contributed by atoms with E-state index >= 15 is 0 Å². The Morgan fingerprint density at radius 2 is 1.62 bits per heavy atom. The lowest BCUT2D eigenvalue weighted by Crippen LogP contribution is -2.69. The molecule has 0 atom stereocenters. The summed E-state index contributed by atoms with van der Waals surface area (Å²) in [5.74, 6) is 0. The summed E-state index contributed by atoms with van der Waals surface area (Å²) >= 11 is 0. The number of ether oxygens (including phenoxy) is 1. The average molecular weight is 230 g/mol. The largest absolute Gasteiger partial charge is 0.370 e. The lowest BCUT2D eigenvalue weighted by Gasteiger charge is -2.53. The monoisotopic (exact) mass is 230 g/mol. The van der Waals surface area contributed by atoms with Crippen molar-refractivity contribution in [1.82, 2.24) is 9.80 Å². The molecule has 0 radical (unpaired) electrons. The van der Waals surface area contributed by atoms with Gasteiger partial charge in [-0.05, 0) is 13.6 Å². The Bertz CT molecular complexity index is 167. The van der Waals surface area contributed by atoms with Crippen molar-refractivity contribution < 1.29 is 4.74 Å². The van der Waals surface area contributed by atoms with Gasteiger partial charge in [0.15, 0.2) is 0 Å². The van der Waals surface area contributed by atoms with Crippen LogP contribution in [0, 0.1) is 0 Å². The zero-order valence-electron chi connectivity index (χ0n) is 12.0. The summed E-state index contributed by atoms with van der Waals surface area (Å²) in [5.41, 5.74) is 0.197. The fourth-order valence-electron chi connectivity index (χ4n) is 2.22. The molecule has 0 bridgehead atoms. The predicted octanol–water partition coefficient (Wildman–Crippen LogP) is 2.08. The van der Waals surface area contributed by atoms with E-state index in [1.54, 1.807) is 0 Å². The Hall–Kier alpha value is -0.120. The smallest absolute Gasteiger partial charge is 0.106 e. The minimum absolute atomic E-state index is 0.197. The minimum atomic E-state index is 0.197. The van der Waals surface area contributed by atoms with Crippen molar-refractivity contribution in [3.63, 3.8) is 0 Å². The molecule has 0 saturated carbocycles. The molecule has 1 spiro atoms. The molecular weight excluding hydrogens is 200 g/mol. The number of likely N-dealkylation sites (N-methyl/N-ethyl adjacent to an activating group) is 2. The molecular formula is C13H30N2O. The standard InChI is InChI=1S/C9H18N2O.2C2H6/c1-3-11-7-9(8-11)6-10(2)4-5-12-9;2*1-2/h3-8H2,1-2H3;2*1-2H3. The van der Waals surface area contributed by atoms with Gasteiger partial charge < -0.3 is 9.64 Å². The van der Waals surface area contributed by atoms with Crippen LogP contribution in [0.4, 0.5) is 0 Å². The molecule has 3 heteroatoms. The SMILES string of the molecule is CC.CC.CCN1CC2(CN(C)CCO2)C1. The normalized spacial score (nSPS) is 23.6. The maximum atomic E-state index is 5.82. The predicted molar refractivity (Wildman–Crippen MR) is 71.0 cm³/mol. The van der Waals surface area contributed by atoms with Crippen molar-refractivity contribution in [2.75, 3.05) is 46.4 Å². The molecule has 98 valence electrons. The number of morpholine rings is 1. The molecule has 2 rings (SSSR count). The van der Waals surface area contributed by atoms with E-state index in [9.17, 15) is 0 Å². The van der Waals surface area contributed by atoms with Gasteiger partial charge in [0.2, 0.25) is 0 Å². The second kappa shape index (κ2) is 8.04. The first-order valence-corrected chi connectivity index (χ1v) is 6.79. The van der Waals surface area contributed by atoms with Crippen molar-refractivity contribution in [3.05, 3.63) is 0 Å². The maximum absolute atomic E-state index is 5.82. The van der Waals surface area contributed by atoms with Gasteiger partial charge in [-0.25, -0.2) is 0 Å². The van der Waals surface area contributed by atoms with E-state index in [-0.39, 0.29) is 5.60 Å². The molecule has 2 saturated heterocycles. The van der Waals surface area contributed by atoms with Crippen LogP contribution in [0.1, 0.15) is 34.6 Å². The van der Waals surface area contributed by atoms with Gasteiger partial charge in [0.25, 0.3) is 0 Å². The topological polar surface area (TPSA) is 15.7 Å². The van der Waals surface area contributed by atoms with E-state index in [1.165, 1.54) is 0 Å². The highest BCUT2D eigenvalue weighted by atomic mass is 16.5. The van der Waals surface area contributed by atoms with Crippen molar-refractivity contribution in [2.45, 2.75) is 40.2 Å². The molecule has 0 aromatic rings. The lowest BCUT2D eigenvalue weighted by molar-refractivity contribution is -0.178. The van der Waals surface area contributed by atoms with Gasteiger partial charge in [-0.2, -0.15) is 0 Å². The van der Waals surface area contributed by atoms with Crippen LogP contribution in [0.25, 0.3) is 0 Å². The third kappa shape index (κ3) is 4.04. The number of hydrogen-bond donors (Lipinski definition) is 0. The van der Waals surface area contributed by atoms with Crippen LogP contribution in [0.5, 0.6) is 0 Å². The fourth-order valence-corrected chi connectivity index (χ4v) is 2.22. The van der Waals surface area contributed by atoms with E-state index < -0.39 is 0 Å². The Morgan fingerprint density at radius 3 is 2.06 bits per heavy atom. The highest BCUT2D eigenvalue weighted by Crippen LogP contribution is 2.27. The second-order valence-electron chi connectivity index (χ2n) is 4.07. The van der Waals surface area contributed by atoms with Gasteiger partial charge in [0.1, 0.15) is 5.60 Å². The van der Waals surface area contributed by atoms with Crippen LogP contribution in [0.2, 0.25) is 0 Å². The van der Waals surface area contributed by atoms with E-state index in [0.29, 0.717) is 0 Å². The fraction of sp³-hybridized carbons (Fsp3) is 1.00. The first-order valence-electron chi connectivity index (χ1n) is 6.79. The van der Waals surface area contributed by atoms with E-state index in [2.05, 4.69) is 23.8 Å². The minimum Gasteiger partial charge on any atom is -0.370 e. The van der Waals surface area contributed by atoms with Crippen LogP contribution >= 0.6 is 0 Å². The summed E-state index contributed by atoms with van der Waals surface area (Å²) in [4.78, 5) is 4.80. The summed E-state index contributed by atoms with van der Waals surface area (Å²) in [7, 11) is 2.18. The summed E-state index contributed by atoms with van der Waals surface area (Å²) < 4.78 is 5.82. The molecule has 0 unspecified atom stereocenters. The number of nitrogens with zero attached hydrogens (tertiary/aromatic N) is 2. The zero-order chi connectivity index (χ0) is 12.6. The van der Waals surface area contributed by atoms with E-state index in [1.807, 2.05) is 27.7 Å². The molecule has 16 heavy (non-hydrogen) atoms. The summed E-state index contributed by atoms with van der Waals surface area (Å²) in [5, 5.41) is 0. The average Bonchev–Trinajstić information content (AvgIpc) is 2.31. The van der Waals surface area contributed by atoms with Gasteiger partial charge in [-0.15, -0.1) is 0 Å². The Morgan fingerprint density at radius 1 is 1.06 bits per heavy atom. The Labute approximate surface area is 102 Å². The number of hydrogen-bond acceptors (Lipinski definition) is 3. The summed E-state index contributed by atoms with van der Waals surface area (Å²) in [6.45, 7) is 16.8. The van der Waals surface area contributed by atoms with Gasteiger partial charge in [-0.1, -0.05) is 34.6 Å². The first kappa shape index (κ1) is 15.9. The highest BCUT2D eigenvalue weighted by Gasteiger charge is 2.45. The third-order valence-electron chi connectivity index (χ3n) is 2.91. The van der Waals surface area contributed by atoms with Crippen LogP contribution < -0.4 is 0 Å². The molecule has 2 fully saturated rings. The second-order valence-corrected chi connectivity index (χ2v) is 4.07. The van der Waals surface area contributed by atoms with E-state index in [0.717, 1.165) is 39.3 Å². The van der Waals surface area contributed by atoms with Gasteiger partial charge in [0, 0.05) is 26.2 Å². The van der Waals surface area contributed by atoms with Crippen LogP contribution in [-0.4, -0.2) is 61.8 Å². The molecule has 2 aliphatic rings.